The lowest BCUT2D eigenvalue weighted by Gasteiger charge is -2.44. The fraction of sp³-hybridized carbons (Fsp3) is 0.621. The minimum absolute atomic E-state index is 0.0316. The molecular weight excluding hydrogens is 488 g/mol. The van der Waals surface area contributed by atoms with Gasteiger partial charge in [-0.25, -0.2) is 13.8 Å². The SMILES string of the molecule is CCC[C@H](NC(=O)Cc1cc(F)cc(F)c1)C(=O)Nc1cn(C2(CN[C@H](C)C3CCCCC3)CCC2)cn1. The van der Waals surface area contributed by atoms with Gasteiger partial charge in [0.15, 0.2) is 5.82 Å². The largest absolute Gasteiger partial charge is 0.344 e. The van der Waals surface area contributed by atoms with Crippen molar-refractivity contribution in [1.29, 1.82) is 0 Å². The Bertz CT molecular complexity index is 1070. The van der Waals surface area contributed by atoms with E-state index in [1.807, 2.05) is 13.1 Å². The van der Waals surface area contributed by atoms with Crippen LogP contribution in [0.15, 0.2) is 30.7 Å². The number of hydrogen-bond donors (Lipinski definition) is 3. The van der Waals surface area contributed by atoms with Crippen LogP contribution in [0.2, 0.25) is 0 Å². The topological polar surface area (TPSA) is 88.0 Å². The molecule has 0 unspecified atom stereocenters. The summed E-state index contributed by atoms with van der Waals surface area (Å²) in [5.74, 6) is -1.13. The second kappa shape index (κ2) is 12.8. The molecule has 0 radical (unpaired) electrons. The van der Waals surface area contributed by atoms with Crippen LogP contribution in [0.1, 0.15) is 83.6 Å². The molecule has 2 atom stereocenters. The molecule has 7 nitrogen and oxygen atoms in total. The van der Waals surface area contributed by atoms with Crippen LogP contribution in [-0.4, -0.2) is 40.0 Å². The fourth-order valence-corrected chi connectivity index (χ4v) is 5.82. The van der Waals surface area contributed by atoms with Crippen molar-refractivity contribution in [3.05, 3.63) is 47.9 Å². The summed E-state index contributed by atoms with van der Waals surface area (Å²) in [5.41, 5.74) is 0.183. The molecule has 208 valence electrons. The van der Waals surface area contributed by atoms with Gasteiger partial charge >= 0.3 is 0 Å². The van der Waals surface area contributed by atoms with Gasteiger partial charge in [0.2, 0.25) is 11.8 Å². The molecule has 0 spiro atoms. The molecule has 1 heterocycles. The average Bonchev–Trinajstić information content (AvgIpc) is 3.31. The second-order valence-electron chi connectivity index (χ2n) is 11.2. The molecule has 1 aromatic carbocycles. The lowest BCUT2D eigenvalue weighted by molar-refractivity contribution is -0.126. The number of nitrogens with zero attached hydrogens (tertiary/aromatic N) is 2. The van der Waals surface area contributed by atoms with E-state index in [0.717, 1.165) is 43.5 Å². The zero-order valence-corrected chi connectivity index (χ0v) is 22.6. The molecule has 0 saturated heterocycles. The van der Waals surface area contributed by atoms with Gasteiger partial charge in [-0.05, 0) is 69.1 Å². The highest BCUT2D eigenvalue weighted by molar-refractivity contribution is 5.96. The van der Waals surface area contributed by atoms with Crippen LogP contribution in [0, 0.1) is 17.6 Å². The quantitative estimate of drug-likeness (QED) is 0.359. The summed E-state index contributed by atoms with van der Waals surface area (Å²) in [6.45, 7) is 5.10. The van der Waals surface area contributed by atoms with Crippen LogP contribution in [0.3, 0.4) is 0 Å². The van der Waals surface area contributed by atoms with E-state index in [0.29, 0.717) is 24.7 Å². The number of anilines is 1. The number of benzene rings is 1. The Balaban J connectivity index is 1.33. The molecule has 9 heteroatoms. The molecule has 1 aromatic heterocycles. The number of imidazole rings is 1. The first-order valence-corrected chi connectivity index (χ1v) is 14.1. The molecule has 3 N–H and O–H groups in total. The third-order valence-corrected chi connectivity index (χ3v) is 8.29. The van der Waals surface area contributed by atoms with E-state index in [-0.39, 0.29) is 23.4 Å². The molecule has 2 aliphatic rings. The number of aromatic nitrogens is 2. The number of halogens is 2. The van der Waals surface area contributed by atoms with Crippen molar-refractivity contribution in [2.24, 2.45) is 5.92 Å². The van der Waals surface area contributed by atoms with Crippen LogP contribution < -0.4 is 16.0 Å². The third-order valence-electron chi connectivity index (χ3n) is 8.29. The van der Waals surface area contributed by atoms with Crippen LogP contribution >= 0.6 is 0 Å². The Morgan fingerprint density at radius 1 is 1.11 bits per heavy atom. The summed E-state index contributed by atoms with van der Waals surface area (Å²) in [4.78, 5) is 30.0. The van der Waals surface area contributed by atoms with Gasteiger partial charge in [0, 0.05) is 24.8 Å². The summed E-state index contributed by atoms with van der Waals surface area (Å²) in [6, 6.07) is 2.70. The molecule has 38 heavy (non-hydrogen) atoms. The number of rotatable bonds is 12. The zero-order valence-electron chi connectivity index (χ0n) is 22.6. The molecule has 2 aliphatic carbocycles. The first-order valence-electron chi connectivity index (χ1n) is 14.1. The monoisotopic (exact) mass is 529 g/mol. The Morgan fingerprint density at radius 2 is 1.82 bits per heavy atom. The van der Waals surface area contributed by atoms with Gasteiger partial charge in [0.1, 0.15) is 17.7 Å². The van der Waals surface area contributed by atoms with Crippen molar-refractivity contribution in [2.75, 3.05) is 11.9 Å². The van der Waals surface area contributed by atoms with Crippen molar-refractivity contribution in [2.45, 2.75) is 102 Å². The summed E-state index contributed by atoms with van der Waals surface area (Å²) >= 11 is 0. The Morgan fingerprint density at radius 3 is 2.45 bits per heavy atom. The van der Waals surface area contributed by atoms with Crippen molar-refractivity contribution < 1.29 is 18.4 Å². The van der Waals surface area contributed by atoms with Crippen molar-refractivity contribution in [1.82, 2.24) is 20.2 Å². The first kappa shape index (κ1) is 28.2. The molecule has 4 rings (SSSR count). The van der Waals surface area contributed by atoms with Gasteiger partial charge in [-0.1, -0.05) is 32.6 Å². The highest BCUT2D eigenvalue weighted by Crippen LogP contribution is 2.39. The van der Waals surface area contributed by atoms with Gasteiger partial charge < -0.3 is 20.5 Å². The van der Waals surface area contributed by atoms with Crippen molar-refractivity contribution in [3.63, 3.8) is 0 Å². The lowest BCUT2D eigenvalue weighted by Crippen LogP contribution is -2.51. The standard InChI is InChI=1S/C29H41F2N5O2/c1-3-8-25(34-27(37)15-21-13-23(30)16-24(31)14-21)28(38)35-26-17-36(19-33-26)29(11-7-12-29)18-32-20(2)22-9-5-4-6-10-22/h13-14,16-17,19-20,22,25,32H,3-12,15,18H2,1-2H3,(H,34,37)(H,35,38)/t20-,25+/m1/s1. The molecular formula is C29H41F2N5O2. The van der Waals surface area contributed by atoms with E-state index in [1.165, 1.54) is 38.5 Å². The highest BCUT2D eigenvalue weighted by atomic mass is 19.1. The van der Waals surface area contributed by atoms with E-state index in [9.17, 15) is 18.4 Å². The smallest absolute Gasteiger partial charge is 0.248 e. The minimum Gasteiger partial charge on any atom is -0.344 e. The molecule has 2 aromatic rings. The number of carbonyl (C=O) groups excluding carboxylic acids is 2. The Labute approximate surface area is 224 Å². The summed E-state index contributed by atoms with van der Waals surface area (Å²) in [7, 11) is 0. The van der Waals surface area contributed by atoms with E-state index in [4.69, 9.17) is 0 Å². The third kappa shape index (κ3) is 7.18. The van der Waals surface area contributed by atoms with Gasteiger partial charge in [0.05, 0.1) is 18.3 Å². The second-order valence-corrected chi connectivity index (χ2v) is 11.2. The minimum atomic E-state index is -0.772. The van der Waals surface area contributed by atoms with E-state index in [2.05, 4.69) is 32.4 Å². The molecule has 2 fully saturated rings. The number of nitrogens with one attached hydrogen (secondary N) is 3. The molecule has 2 saturated carbocycles. The summed E-state index contributed by atoms with van der Waals surface area (Å²) < 4.78 is 29.1. The van der Waals surface area contributed by atoms with Crippen LogP contribution in [-0.2, 0) is 21.5 Å². The highest BCUT2D eigenvalue weighted by Gasteiger charge is 2.39. The maximum absolute atomic E-state index is 13.5. The maximum atomic E-state index is 13.5. The molecule has 2 amide bonds. The van der Waals surface area contributed by atoms with Crippen molar-refractivity contribution in [3.8, 4) is 0 Å². The number of hydrogen-bond acceptors (Lipinski definition) is 4. The fourth-order valence-electron chi connectivity index (χ4n) is 5.82. The Hall–Kier alpha value is -2.81. The van der Waals surface area contributed by atoms with E-state index < -0.39 is 23.6 Å². The average molecular weight is 530 g/mol. The molecule has 0 bridgehead atoms. The summed E-state index contributed by atoms with van der Waals surface area (Å²) in [5, 5.41) is 9.35. The van der Waals surface area contributed by atoms with Crippen LogP contribution in [0.5, 0.6) is 0 Å². The van der Waals surface area contributed by atoms with Crippen LogP contribution in [0.25, 0.3) is 0 Å². The predicted octanol–water partition coefficient (Wildman–Crippen LogP) is 5.07. The van der Waals surface area contributed by atoms with E-state index in [1.54, 1.807) is 6.33 Å². The van der Waals surface area contributed by atoms with Crippen LogP contribution in [0.4, 0.5) is 14.6 Å². The predicted molar refractivity (Wildman–Crippen MR) is 144 cm³/mol. The summed E-state index contributed by atoms with van der Waals surface area (Å²) in [6.07, 6.45) is 14.5. The number of carbonyl (C=O) groups is 2. The lowest BCUT2D eigenvalue weighted by atomic mass is 9.75. The zero-order chi connectivity index (χ0) is 27.1. The normalized spacial score (nSPS) is 18.8. The van der Waals surface area contributed by atoms with Gasteiger partial charge in [0.25, 0.3) is 0 Å². The van der Waals surface area contributed by atoms with Gasteiger partial charge in [-0.3, -0.25) is 9.59 Å². The molecule has 0 aliphatic heterocycles. The van der Waals surface area contributed by atoms with Crippen molar-refractivity contribution >= 4 is 17.6 Å². The number of amides is 2. The van der Waals surface area contributed by atoms with Gasteiger partial charge in [-0.2, -0.15) is 0 Å². The van der Waals surface area contributed by atoms with Gasteiger partial charge in [-0.15, -0.1) is 0 Å². The maximum Gasteiger partial charge on any atom is 0.248 e. The van der Waals surface area contributed by atoms with E-state index >= 15 is 0 Å². The first-order chi connectivity index (χ1) is 18.3. The Kier molecular flexibility index (Phi) is 9.52.